The van der Waals surface area contributed by atoms with Gasteiger partial charge in [0.2, 0.25) is 10.0 Å². The summed E-state index contributed by atoms with van der Waals surface area (Å²) in [7, 11) is -3.59. The molecule has 1 aromatic carbocycles. The first-order valence-corrected chi connectivity index (χ1v) is 8.16. The van der Waals surface area contributed by atoms with Crippen molar-refractivity contribution in [2.45, 2.75) is 18.0 Å². The van der Waals surface area contributed by atoms with E-state index in [1.54, 1.807) is 0 Å². The molecule has 20 heavy (non-hydrogen) atoms. The standard InChI is InChI=1S/C12H14BrN3O3S/c13-11-3-1-10(2-4-11)7-15-20(18,19)12-8-14-16(9-12)5-6-17/h1-4,8-9,15,17H,5-7H2. The summed E-state index contributed by atoms with van der Waals surface area (Å²) in [5.74, 6) is 0. The molecular formula is C12H14BrN3O3S. The molecule has 0 aliphatic carbocycles. The van der Waals surface area contributed by atoms with E-state index in [2.05, 4.69) is 25.8 Å². The summed E-state index contributed by atoms with van der Waals surface area (Å²) in [4.78, 5) is 0.0862. The predicted molar refractivity (Wildman–Crippen MR) is 77.5 cm³/mol. The van der Waals surface area contributed by atoms with E-state index in [1.165, 1.54) is 17.1 Å². The summed E-state index contributed by atoms with van der Waals surface area (Å²) in [6, 6.07) is 7.37. The largest absolute Gasteiger partial charge is 0.394 e. The van der Waals surface area contributed by atoms with Crippen LogP contribution in [-0.4, -0.2) is 29.9 Å². The van der Waals surface area contributed by atoms with Crippen molar-refractivity contribution in [3.05, 3.63) is 46.7 Å². The zero-order valence-electron chi connectivity index (χ0n) is 10.5. The van der Waals surface area contributed by atoms with Crippen molar-refractivity contribution in [1.29, 1.82) is 0 Å². The minimum Gasteiger partial charge on any atom is -0.394 e. The van der Waals surface area contributed by atoms with Gasteiger partial charge in [-0.1, -0.05) is 28.1 Å². The van der Waals surface area contributed by atoms with Gasteiger partial charge in [-0.05, 0) is 17.7 Å². The Morgan fingerprint density at radius 1 is 1.30 bits per heavy atom. The van der Waals surface area contributed by atoms with Gasteiger partial charge in [-0.25, -0.2) is 13.1 Å². The van der Waals surface area contributed by atoms with E-state index in [0.717, 1.165) is 10.0 Å². The van der Waals surface area contributed by atoms with E-state index in [9.17, 15) is 8.42 Å². The maximum atomic E-state index is 12.1. The first-order chi connectivity index (χ1) is 9.51. The normalized spacial score (nSPS) is 11.7. The van der Waals surface area contributed by atoms with Crippen molar-refractivity contribution >= 4 is 26.0 Å². The van der Waals surface area contributed by atoms with Gasteiger partial charge in [0.05, 0.1) is 19.3 Å². The van der Waals surface area contributed by atoms with Crippen molar-refractivity contribution in [2.24, 2.45) is 0 Å². The Morgan fingerprint density at radius 3 is 2.65 bits per heavy atom. The van der Waals surface area contributed by atoms with E-state index in [0.29, 0.717) is 0 Å². The molecule has 0 radical (unpaired) electrons. The smallest absolute Gasteiger partial charge is 0.243 e. The SMILES string of the molecule is O=S(=O)(NCc1ccc(Br)cc1)c1cnn(CCO)c1. The minimum atomic E-state index is -3.59. The van der Waals surface area contributed by atoms with Crippen LogP contribution < -0.4 is 4.72 Å². The first-order valence-electron chi connectivity index (χ1n) is 5.89. The summed E-state index contributed by atoms with van der Waals surface area (Å²) < 4.78 is 28.9. The third-order valence-corrected chi connectivity index (χ3v) is 4.51. The maximum absolute atomic E-state index is 12.1. The lowest BCUT2D eigenvalue weighted by molar-refractivity contribution is 0.269. The summed E-state index contributed by atoms with van der Waals surface area (Å²) in [6.45, 7) is 0.385. The summed E-state index contributed by atoms with van der Waals surface area (Å²) >= 11 is 3.32. The fourth-order valence-corrected chi connectivity index (χ4v) is 2.81. The third-order valence-electron chi connectivity index (χ3n) is 2.63. The van der Waals surface area contributed by atoms with Crippen LogP contribution in [0, 0.1) is 0 Å². The lowest BCUT2D eigenvalue weighted by Gasteiger charge is -2.05. The number of aliphatic hydroxyl groups excluding tert-OH is 1. The van der Waals surface area contributed by atoms with Gasteiger partial charge in [0.15, 0.2) is 0 Å². The van der Waals surface area contributed by atoms with E-state index in [1.807, 2.05) is 24.3 Å². The molecule has 0 unspecified atom stereocenters. The molecule has 0 aliphatic heterocycles. The highest BCUT2D eigenvalue weighted by atomic mass is 79.9. The summed E-state index contributed by atoms with van der Waals surface area (Å²) in [5, 5.41) is 12.6. The Bertz CT molecular complexity index is 668. The quantitative estimate of drug-likeness (QED) is 0.809. The number of sulfonamides is 1. The number of benzene rings is 1. The molecular weight excluding hydrogens is 346 g/mol. The highest BCUT2D eigenvalue weighted by molar-refractivity contribution is 9.10. The third kappa shape index (κ3) is 3.89. The van der Waals surface area contributed by atoms with Crippen molar-refractivity contribution in [3.63, 3.8) is 0 Å². The number of hydrogen-bond acceptors (Lipinski definition) is 4. The fraction of sp³-hybridized carbons (Fsp3) is 0.250. The highest BCUT2D eigenvalue weighted by Gasteiger charge is 2.16. The molecule has 2 rings (SSSR count). The number of aromatic nitrogens is 2. The fourth-order valence-electron chi connectivity index (χ4n) is 1.57. The van der Waals surface area contributed by atoms with E-state index < -0.39 is 10.0 Å². The Kier molecular flexibility index (Phi) is 4.92. The first kappa shape index (κ1) is 15.2. The average Bonchev–Trinajstić information content (AvgIpc) is 2.88. The van der Waals surface area contributed by atoms with E-state index in [-0.39, 0.29) is 24.6 Å². The van der Waals surface area contributed by atoms with Gasteiger partial charge >= 0.3 is 0 Å². The Labute approximate surface area is 125 Å². The van der Waals surface area contributed by atoms with Crippen LogP contribution in [0.1, 0.15) is 5.56 Å². The number of nitrogens with zero attached hydrogens (tertiary/aromatic N) is 2. The van der Waals surface area contributed by atoms with Gasteiger partial charge in [0.25, 0.3) is 0 Å². The summed E-state index contributed by atoms with van der Waals surface area (Å²) in [6.07, 6.45) is 2.65. The van der Waals surface area contributed by atoms with E-state index in [4.69, 9.17) is 5.11 Å². The van der Waals surface area contributed by atoms with Crippen molar-refractivity contribution in [1.82, 2.24) is 14.5 Å². The Balaban J connectivity index is 2.04. The molecule has 0 atom stereocenters. The maximum Gasteiger partial charge on any atom is 0.243 e. The predicted octanol–water partition coefficient (Wildman–Crippen LogP) is 1.12. The van der Waals surface area contributed by atoms with Crippen LogP contribution in [0.5, 0.6) is 0 Å². The molecule has 108 valence electrons. The highest BCUT2D eigenvalue weighted by Crippen LogP contribution is 2.12. The molecule has 0 bridgehead atoms. The average molecular weight is 360 g/mol. The van der Waals surface area contributed by atoms with Crippen LogP contribution in [-0.2, 0) is 23.1 Å². The monoisotopic (exact) mass is 359 g/mol. The molecule has 1 heterocycles. The second kappa shape index (κ2) is 6.49. The second-order valence-electron chi connectivity index (χ2n) is 4.11. The number of nitrogens with one attached hydrogen (secondary N) is 1. The molecule has 6 nitrogen and oxygen atoms in total. The number of halogens is 1. The van der Waals surface area contributed by atoms with Crippen LogP contribution in [0.25, 0.3) is 0 Å². The molecule has 2 N–H and O–H groups in total. The molecule has 0 spiro atoms. The van der Waals surface area contributed by atoms with Crippen LogP contribution in [0.4, 0.5) is 0 Å². The molecule has 0 saturated heterocycles. The number of rotatable bonds is 6. The van der Waals surface area contributed by atoms with Gasteiger partial charge in [0.1, 0.15) is 4.90 Å². The molecule has 0 fully saturated rings. The minimum absolute atomic E-state index is 0.0862. The van der Waals surface area contributed by atoms with Crippen molar-refractivity contribution < 1.29 is 13.5 Å². The van der Waals surface area contributed by atoms with Crippen LogP contribution in [0.3, 0.4) is 0 Å². The second-order valence-corrected chi connectivity index (χ2v) is 6.80. The van der Waals surface area contributed by atoms with E-state index >= 15 is 0 Å². The van der Waals surface area contributed by atoms with Crippen molar-refractivity contribution in [3.8, 4) is 0 Å². The molecule has 0 amide bonds. The molecule has 2 aromatic rings. The summed E-state index contributed by atoms with van der Waals surface area (Å²) in [5.41, 5.74) is 0.861. The van der Waals surface area contributed by atoms with Gasteiger partial charge in [0, 0.05) is 17.2 Å². The van der Waals surface area contributed by atoms with Crippen LogP contribution in [0.15, 0.2) is 46.0 Å². The van der Waals surface area contributed by atoms with Gasteiger partial charge < -0.3 is 5.11 Å². The van der Waals surface area contributed by atoms with Gasteiger partial charge in [-0.3, -0.25) is 4.68 Å². The zero-order valence-corrected chi connectivity index (χ0v) is 12.9. The lowest BCUT2D eigenvalue weighted by Crippen LogP contribution is -2.22. The molecule has 0 saturated carbocycles. The van der Waals surface area contributed by atoms with Gasteiger partial charge in [-0.15, -0.1) is 0 Å². The van der Waals surface area contributed by atoms with Crippen LogP contribution in [0.2, 0.25) is 0 Å². The molecule has 8 heteroatoms. The van der Waals surface area contributed by atoms with Crippen molar-refractivity contribution in [2.75, 3.05) is 6.61 Å². The number of aliphatic hydroxyl groups is 1. The van der Waals surface area contributed by atoms with Crippen LogP contribution >= 0.6 is 15.9 Å². The Hall–Kier alpha value is -1.22. The topological polar surface area (TPSA) is 84.2 Å². The Morgan fingerprint density at radius 2 is 2.00 bits per heavy atom. The van der Waals surface area contributed by atoms with Gasteiger partial charge in [-0.2, -0.15) is 5.10 Å². The lowest BCUT2D eigenvalue weighted by atomic mass is 10.2. The molecule has 1 aromatic heterocycles. The number of hydrogen-bond donors (Lipinski definition) is 2. The molecule has 0 aliphatic rings. The zero-order chi connectivity index (χ0) is 14.6.